The lowest BCUT2D eigenvalue weighted by Crippen LogP contribution is -1.99. The van der Waals surface area contributed by atoms with Crippen molar-refractivity contribution in [2.45, 2.75) is 5.88 Å². The molecule has 2 nitrogen and oxygen atoms in total. The number of rotatable bonds is 2. The Bertz CT molecular complexity index is 781. The van der Waals surface area contributed by atoms with Crippen LogP contribution in [-0.2, 0) is 5.88 Å². The largest absolute Gasteiger partial charge is 0.295 e. The third-order valence-electron chi connectivity index (χ3n) is 2.97. The highest BCUT2D eigenvalue weighted by atomic mass is 35.5. The molecule has 0 bridgehead atoms. The first-order valence-electron chi connectivity index (χ1n) is 5.78. The predicted molar refractivity (Wildman–Crippen MR) is 80.6 cm³/mol. The molecule has 0 saturated heterocycles. The average Bonchev–Trinajstić information content (AvgIpc) is 2.78. The zero-order valence-electron chi connectivity index (χ0n) is 10.1. The van der Waals surface area contributed by atoms with Gasteiger partial charge in [-0.05, 0) is 30.3 Å². The Morgan fingerprint density at radius 1 is 1.10 bits per heavy atom. The molecule has 0 amide bonds. The molecular weight excluding hydrogens is 322 g/mol. The van der Waals surface area contributed by atoms with Crippen LogP contribution in [0.25, 0.3) is 16.7 Å². The van der Waals surface area contributed by atoms with Crippen molar-refractivity contribution in [1.82, 2.24) is 9.55 Å². The van der Waals surface area contributed by atoms with Gasteiger partial charge >= 0.3 is 0 Å². The quantitative estimate of drug-likeness (QED) is 0.590. The molecule has 6 heteroatoms. The van der Waals surface area contributed by atoms with Crippen molar-refractivity contribution in [2.75, 3.05) is 0 Å². The van der Waals surface area contributed by atoms with Crippen LogP contribution in [0.2, 0.25) is 10.0 Å². The molecule has 3 rings (SSSR count). The summed E-state index contributed by atoms with van der Waals surface area (Å²) in [6, 6.07) is 10.1. The van der Waals surface area contributed by atoms with E-state index < -0.39 is 5.82 Å². The van der Waals surface area contributed by atoms with Crippen LogP contribution in [-0.4, -0.2) is 9.55 Å². The lowest BCUT2D eigenvalue weighted by Gasteiger charge is -2.08. The van der Waals surface area contributed by atoms with Crippen molar-refractivity contribution in [1.29, 1.82) is 0 Å². The summed E-state index contributed by atoms with van der Waals surface area (Å²) in [7, 11) is 0. The van der Waals surface area contributed by atoms with Gasteiger partial charge in [0, 0.05) is 16.8 Å². The number of fused-ring (bicyclic) bond motifs is 1. The fourth-order valence-electron chi connectivity index (χ4n) is 2.09. The Kier molecular flexibility index (Phi) is 3.59. The highest BCUT2D eigenvalue weighted by molar-refractivity contribution is 6.31. The topological polar surface area (TPSA) is 17.8 Å². The Hall–Kier alpha value is -1.29. The third-order valence-corrected chi connectivity index (χ3v) is 3.75. The van der Waals surface area contributed by atoms with Crippen molar-refractivity contribution >= 4 is 45.8 Å². The van der Waals surface area contributed by atoms with Gasteiger partial charge in [-0.15, -0.1) is 11.6 Å². The maximum atomic E-state index is 13.5. The number of hydrogen-bond acceptors (Lipinski definition) is 1. The van der Waals surface area contributed by atoms with Crippen LogP contribution in [0.5, 0.6) is 0 Å². The maximum Gasteiger partial charge on any atom is 0.144 e. The minimum atomic E-state index is -0.499. The Balaban J connectivity index is 2.32. The van der Waals surface area contributed by atoms with Crippen molar-refractivity contribution in [3.8, 4) is 5.69 Å². The van der Waals surface area contributed by atoms with Gasteiger partial charge in [0.2, 0.25) is 0 Å². The third kappa shape index (κ3) is 2.26. The van der Waals surface area contributed by atoms with E-state index >= 15 is 0 Å². The summed E-state index contributed by atoms with van der Waals surface area (Å²) in [5.41, 5.74) is 2.06. The van der Waals surface area contributed by atoms with Gasteiger partial charge < -0.3 is 0 Å². The van der Waals surface area contributed by atoms with Gasteiger partial charge in [-0.1, -0.05) is 23.2 Å². The highest BCUT2D eigenvalue weighted by Crippen LogP contribution is 2.27. The van der Waals surface area contributed by atoms with E-state index in [1.54, 1.807) is 18.2 Å². The van der Waals surface area contributed by atoms with Crippen LogP contribution < -0.4 is 0 Å². The zero-order valence-corrected chi connectivity index (χ0v) is 12.3. The molecule has 1 heterocycles. The second-order valence-electron chi connectivity index (χ2n) is 4.23. The molecule has 0 spiro atoms. The first-order valence-corrected chi connectivity index (χ1v) is 7.07. The maximum absolute atomic E-state index is 13.5. The molecule has 2 aromatic carbocycles. The first kappa shape index (κ1) is 13.7. The fourth-order valence-corrected chi connectivity index (χ4v) is 2.55. The summed E-state index contributed by atoms with van der Waals surface area (Å²) in [6.07, 6.45) is 0. The second kappa shape index (κ2) is 5.24. The molecule has 3 aromatic rings. The second-order valence-corrected chi connectivity index (χ2v) is 5.34. The van der Waals surface area contributed by atoms with Gasteiger partial charge in [-0.3, -0.25) is 4.57 Å². The SMILES string of the molecule is Fc1cc2nc(CCl)n(-c3ccc(Cl)cc3)c2cc1Cl. The van der Waals surface area contributed by atoms with Crippen molar-refractivity contribution in [2.24, 2.45) is 0 Å². The van der Waals surface area contributed by atoms with Crippen LogP contribution in [0.15, 0.2) is 36.4 Å². The summed E-state index contributed by atoms with van der Waals surface area (Å²) in [4.78, 5) is 4.33. The van der Waals surface area contributed by atoms with Gasteiger partial charge in [-0.25, -0.2) is 9.37 Å². The van der Waals surface area contributed by atoms with E-state index in [9.17, 15) is 4.39 Å². The number of imidazole rings is 1. The van der Waals surface area contributed by atoms with E-state index in [1.807, 2.05) is 16.7 Å². The Morgan fingerprint density at radius 2 is 1.80 bits per heavy atom. The lowest BCUT2D eigenvalue weighted by molar-refractivity contribution is 0.630. The first-order chi connectivity index (χ1) is 9.60. The average molecular weight is 330 g/mol. The number of hydrogen-bond donors (Lipinski definition) is 0. The van der Waals surface area contributed by atoms with Gasteiger partial charge in [0.25, 0.3) is 0 Å². The number of halogens is 4. The molecular formula is C14H8Cl3FN2. The molecule has 20 heavy (non-hydrogen) atoms. The van der Waals surface area contributed by atoms with Crippen LogP contribution >= 0.6 is 34.8 Å². The summed E-state index contributed by atoms with van der Waals surface area (Å²) in [5.74, 6) is 0.322. The minimum Gasteiger partial charge on any atom is -0.295 e. The Morgan fingerprint density at radius 3 is 2.45 bits per heavy atom. The van der Waals surface area contributed by atoms with Crippen molar-refractivity contribution in [3.05, 3.63) is 58.1 Å². The van der Waals surface area contributed by atoms with Gasteiger partial charge in [0.1, 0.15) is 11.6 Å². The Labute approximate surface area is 129 Å². The molecule has 0 aliphatic heterocycles. The number of benzene rings is 2. The van der Waals surface area contributed by atoms with Gasteiger partial charge in [0.05, 0.1) is 21.9 Å². The molecule has 0 radical (unpaired) electrons. The van der Waals surface area contributed by atoms with Crippen molar-refractivity contribution < 1.29 is 4.39 Å². The van der Waals surface area contributed by atoms with Crippen LogP contribution in [0.4, 0.5) is 4.39 Å². The van der Waals surface area contributed by atoms with Crippen molar-refractivity contribution in [3.63, 3.8) is 0 Å². The molecule has 0 aliphatic rings. The van der Waals surface area contributed by atoms with E-state index in [2.05, 4.69) is 4.98 Å². The van der Waals surface area contributed by atoms with Gasteiger partial charge in [-0.2, -0.15) is 0 Å². The molecule has 0 unspecified atom stereocenters. The summed E-state index contributed by atoms with van der Waals surface area (Å²) in [5, 5.41) is 0.684. The predicted octanol–water partition coefficient (Wildman–Crippen LogP) is 5.21. The molecule has 0 N–H and O–H groups in total. The fraction of sp³-hybridized carbons (Fsp3) is 0.0714. The molecule has 1 aromatic heterocycles. The lowest BCUT2D eigenvalue weighted by atomic mass is 10.2. The monoisotopic (exact) mass is 328 g/mol. The molecule has 102 valence electrons. The van der Waals surface area contributed by atoms with E-state index in [1.165, 1.54) is 6.07 Å². The number of aromatic nitrogens is 2. The summed E-state index contributed by atoms with van der Waals surface area (Å²) in [6.45, 7) is 0. The summed E-state index contributed by atoms with van der Waals surface area (Å²) >= 11 is 17.7. The normalized spacial score (nSPS) is 11.2. The molecule has 0 fully saturated rings. The zero-order chi connectivity index (χ0) is 14.3. The smallest absolute Gasteiger partial charge is 0.144 e. The standard InChI is InChI=1S/C14H8Cl3FN2/c15-7-14-19-12-6-11(18)10(17)5-13(12)20(14)9-3-1-8(16)2-4-9/h1-6H,7H2. The molecule has 0 atom stereocenters. The number of alkyl halides is 1. The van der Waals surface area contributed by atoms with Crippen LogP contribution in [0.1, 0.15) is 5.82 Å². The number of nitrogens with zero attached hydrogens (tertiary/aromatic N) is 2. The van der Waals surface area contributed by atoms with E-state index in [-0.39, 0.29) is 10.9 Å². The van der Waals surface area contributed by atoms with Crippen LogP contribution in [0, 0.1) is 5.82 Å². The van der Waals surface area contributed by atoms with E-state index in [4.69, 9.17) is 34.8 Å². The molecule has 0 saturated carbocycles. The van der Waals surface area contributed by atoms with Gasteiger partial charge in [0.15, 0.2) is 0 Å². The minimum absolute atomic E-state index is 0.0498. The van der Waals surface area contributed by atoms with E-state index in [0.29, 0.717) is 21.9 Å². The van der Waals surface area contributed by atoms with E-state index in [0.717, 1.165) is 5.69 Å². The highest BCUT2D eigenvalue weighted by Gasteiger charge is 2.14. The van der Waals surface area contributed by atoms with Crippen LogP contribution in [0.3, 0.4) is 0 Å². The molecule has 0 aliphatic carbocycles. The summed E-state index contributed by atoms with van der Waals surface area (Å²) < 4.78 is 15.4.